The van der Waals surface area contributed by atoms with Gasteiger partial charge in [0, 0.05) is 18.8 Å². The number of azo groups is 1. The van der Waals surface area contributed by atoms with Crippen molar-refractivity contribution in [1.29, 1.82) is 0 Å². The van der Waals surface area contributed by atoms with Crippen molar-refractivity contribution in [2.24, 2.45) is 10.2 Å². The number of sulfonamides is 1. The van der Waals surface area contributed by atoms with Crippen LogP contribution in [-0.4, -0.2) is 34.6 Å². The summed E-state index contributed by atoms with van der Waals surface area (Å²) < 4.78 is 27.0. The Bertz CT molecular complexity index is 1170. The maximum absolute atomic E-state index is 12.4. The van der Waals surface area contributed by atoms with Gasteiger partial charge in [0.1, 0.15) is 11.4 Å². The summed E-state index contributed by atoms with van der Waals surface area (Å²) in [5.41, 5.74) is 1.23. The summed E-state index contributed by atoms with van der Waals surface area (Å²) in [7, 11) is -3.86. The molecule has 0 unspecified atom stereocenters. The number of hydrogen-bond donors (Lipinski definition) is 3. The lowest BCUT2D eigenvalue weighted by Gasteiger charge is -2.06. The molecule has 10 nitrogen and oxygen atoms in total. The number of carboxylic acid groups (broad SMARTS) is 1. The molecule has 30 heavy (non-hydrogen) atoms. The average Bonchev–Trinajstić information content (AvgIpc) is 2.73. The average molecular weight is 427 g/mol. The first kappa shape index (κ1) is 20.9. The topological polar surface area (TPSA) is 154 Å². The largest absolute Gasteiger partial charge is 0.506 e. The van der Waals surface area contributed by atoms with Crippen molar-refractivity contribution in [3.8, 4) is 5.75 Å². The number of aromatic hydroxyl groups is 1. The van der Waals surface area contributed by atoms with Crippen molar-refractivity contribution in [3.63, 3.8) is 0 Å². The number of carboxylic acids is 1. The van der Waals surface area contributed by atoms with E-state index in [9.17, 15) is 18.3 Å². The molecule has 0 atom stereocenters. The number of aromatic nitrogens is 2. The minimum atomic E-state index is -3.86. The highest BCUT2D eigenvalue weighted by molar-refractivity contribution is 7.92. The van der Waals surface area contributed by atoms with Gasteiger partial charge in [-0.2, -0.15) is 5.11 Å². The summed E-state index contributed by atoms with van der Waals surface area (Å²) in [6, 6.07) is 11.7. The molecule has 3 N–H and O–H groups in total. The van der Waals surface area contributed by atoms with Gasteiger partial charge in [-0.3, -0.25) is 4.79 Å². The molecular weight excluding hydrogens is 410 g/mol. The smallest absolute Gasteiger partial charge is 0.303 e. The van der Waals surface area contributed by atoms with Gasteiger partial charge in [-0.1, -0.05) is 6.07 Å². The van der Waals surface area contributed by atoms with Crippen LogP contribution in [-0.2, 0) is 21.2 Å². The van der Waals surface area contributed by atoms with Crippen LogP contribution in [0, 0.1) is 0 Å². The Morgan fingerprint density at radius 2 is 1.73 bits per heavy atom. The Balaban J connectivity index is 1.73. The highest BCUT2D eigenvalue weighted by Gasteiger charge is 2.15. The number of aliphatic carboxylic acids is 1. The normalized spacial score (nSPS) is 11.5. The van der Waals surface area contributed by atoms with Crippen molar-refractivity contribution >= 4 is 33.3 Å². The van der Waals surface area contributed by atoms with E-state index in [1.54, 1.807) is 18.2 Å². The van der Waals surface area contributed by atoms with E-state index < -0.39 is 16.0 Å². The predicted octanol–water partition coefficient (Wildman–Crippen LogP) is 3.42. The molecule has 0 spiro atoms. The molecule has 0 saturated heterocycles. The van der Waals surface area contributed by atoms with Gasteiger partial charge in [0.2, 0.25) is 5.95 Å². The zero-order chi connectivity index (χ0) is 21.6. The SMILES string of the molecule is O=C(O)CCc1ccc(O)c(N=Nc2ccc(S(=O)(=O)Nc3ncccn3)cc2)c1. The summed E-state index contributed by atoms with van der Waals surface area (Å²) in [4.78, 5) is 18.3. The summed E-state index contributed by atoms with van der Waals surface area (Å²) in [6.45, 7) is 0. The van der Waals surface area contributed by atoms with E-state index in [1.165, 1.54) is 42.7 Å². The predicted molar refractivity (Wildman–Crippen MR) is 108 cm³/mol. The van der Waals surface area contributed by atoms with E-state index in [0.29, 0.717) is 17.7 Å². The standard InChI is InChI=1S/C19H17N5O5S/c25-17-8-2-13(3-9-18(26)27)12-16(17)23-22-14-4-6-15(7-5-14)30(28,29)24-19-20-10-1-11-21-19/h1-2,4-8,10-12,25H,3,9H2,(H,26,27)(H,20,21,24). The first-order chi connectivity index (χ1) is 14.3. The second kappa shape index (κ2) is 9.09. The fourth-order valence-corrected chi connectivity index (χ4v) is 3.35. The third-order valence-electron chi connectivity index (χ3n) is 3.88. The van der Waals surface area contributed by atoms with Gasteiger partial charge in [0.25, 0.3) is 10.0 Å². The monoisotopic (exact) mass is 427 g/mol. The molecule has 1 aromatic heterocycles. The van der Waals surface area contributed by atoms with Gasteiger partial charge in [-0.05, 0) is 54.4 Å². The zero-order valence-corrected chi connectivity index (χ0v) is 16.3. The molecule has 0 amide bonds. The summed E-state index contributed by atoms with van der Waals surface area (Å²) in [6.07, 6.45) is 3.09. The second-order valence-electron chi connectivity index (χ2n) is 6.09. The van der Waals surface area contributed by atoms with E-state index in [1.807, 2.05) is 0 Å². The zero-order valence-electron chi connectivity index (χ0n) is 15.5. The van der Waals surface area contributed by atoms with Gasteiger partial charge in [-0.15, -0.1) is 5.11 Å². The number of hydrogen-bond acceptors (Lipinski definition) is 8. The first-order valence-electron chi connectivity index (χ1n) is 8.69. The van der Waals surface area contributed by atoms with Gasteiger partial charge < -0.3 is 10.2 Å². The van der Waals surface area contributed by atoms with Crippen molar-refractivity contribution < 1.29 is 23.4 Å². The summed E-state index contributed by atoms with van der Waals surface area (Å²) >= 11 is 0. The Labute approximate surface area is 172 Å². The summed E-state index contributed by atoms with van der Waals surface area (Å²) in [5.74, 6) is -1.07. The summed E-state index contributed by atoms with van der Waals surface area (Å²) in [5, 5.41) is 26.6. The Morgan fingerprint density at radius 3 is 2.40 bits per heavy atom. The van der Waals surface area contributed by atoms with E-state index in [2.05, 4.69) is 24.9 Å². The molecule has 3 aromatic rings. The van der Waals surface area contributed by atoms with Crippen LogP contribution in [0.2, 0.25) is 0 Å². The van der Waals surface area contributed by atoms with Crippen LogP contribution in [0.15, 0.2) is 76.0 Å². The van der Waals surface area contributed by atoms with E-state index in [0.717, 1.165) is 0 Å². The molecule has 1 heterocycles. The molecule has 0 aliphatic heterocycles. The lowest BCUT2D eigenvalue weighted by molar-refractivity contribution is -0.136. The van der Waals surface area contributed by atoms with Crippen LogP contribution in [0.5, 0.6) is 5.75 Å². The maximum Gasteiger partial charge on any atom is 0.303 e. The molecule has 0 aliphatic rings. The van der Waals surface area contributed by atoms with Gasteiger partial charge in [0.05, 0.1) is 10.6 Å². The Kier molecular flexibility index (Phi) is 6.32. The molecule has 0 radical (unpaired) electrons. The van der Waals surface area contributed by atoms with E-state index in [-0.39, 0.29) is 28.7 Å². The van der Waals surface area contributed by atoms with Gasteiger partial charge in [0.15, 0.2) is 0 Å². The number of rotatable bonds is 8. The molecule has 3 rings (SSSR count). The third kappa shape index (κ3) is 5.58. The van der Waals surface area contributed by atoms with Gasteiger partial charge >= 0.3 is 5.97 Å². The molecular formula is C19H17N5O5S. The number of nitrogens with zero attached hydrogens (tertiary/aromatic N) is 4. The number of carbonyl (C=O) groups is 1. The van der Waals surface area contributed by atoms with Crippen molar-refractivity contribution in [2.45, 2.75) is 17.7 Å². The molecule has 154 valence electrons. The molecule has 2 aromatic carbocycles. The van der Waals surface area contributed by atoms with Crippen LogP contribution in [0.25, 0.3) is 0 Å². The van der Waals surface area contributed by atoms with E-state index in [4.69, 9.17) is 5.11 Å². The van der Waals surface area contributed by atoms with Crippen LogP contribution >= 0.6 is 0 Å². The highest BCUT2D eigenvalue weighted by atomic mass is 32.2. The highest BCUT2D eigenvalue weighted by Crippen LogP contribution is 2.30. The molecule has 0 bridgehead atoms. The molecule has 0 aliphatic carbocycles. The fraction of sp³-hybridized carbons (Fsp3) is 0.105. The number of phenolic OH excluding ortho intramolecular Hbond substituents is 1. The van der Waals surface area contributed by atoms with Crippen molar-refractivity contribution in [1.82, 2.24) is 9.97 Å². The Hall–Kier alpha value is -3.86. The number of aryl methyl sites for hydroxylation is 1. The lowest BCUT2D eigenvalue weighted by atomic mass is 10.1. The fourth-order valence-electron chi connectivity index (χ4n) is 2.39. The number of anilines is 1. The van der Waals surface area contributed by atoms with Crippen LogP contribution in [0.3, 0.4) is 0 Å². The quantitative estimate of drug-likeness (QED) is 0.465. The molecule has 11 heteroatoms. The van der Waals surface area contributed by atoms with Gasteiger partial charge in [-0.25, -0.2) is 23.1 Å². The minimum Gasteiger partial charge on any atom is -0.506 e. The van der Waals surface area contributed by atoms with Crippen LogP contribution < -0.4 is 4.72 Å². The van der Waals surface area contributed by atoms with Crippen molar-refractivity contribution in [3.05, 3.63) is 66.5 Å². The molecule has 0 saturated carbocycles. The van der Waals surface area contributed by atoms with Crippen molar-refractivity contribution in [2.75, 3.05) is 4.72 Å². The first-order valence-corrected chi connectivity index (χ1v) is 10.2. The minimum absolute atomic E-state index is 0.00702. The van der Waals surface area contributed by atoms with Crippen LogP contribution in [0.4, 0.5) is 17.3 Å². The number of benzene rings is 2. The number of phenols is 1. The second-order valence-corrected chi connectivity index (χ2v) is 7.77. The Morgan fingerprint density at radius 1 is 1.03 bits per heavy atom. The van der Waals surface area contributed by atoms with E-state index >= 15 is 0 Å². The number of nitrogens with one attached hydrogen (secondary N) is 1. The van der Waals surface area contributed by atoms with Crippen LogP contribution in [0.1, 0.15) is 12.0 Å². The third-order valence-corrected chi connectivity index (χ3v) is 5.22. The maximum atomic E-state index is 12.4. The molecule has 0 fully saturated rings. The lowest BCUT2D eigenvalue weighted by Crippen LogP contribution is -2.14.